The van der Waals surface area contributed by atoms with Crippen molar-refractivity contribution < 1.29 is 19.2 Å². The number of carbonyl (C=O) groups is 1. The summed E-state index contributed by atoms with van der Waals surface area (Å²) in [5.74, 6) is -1.27. The third-order valence-corrected chi connectivity index (χ3v) is 3.20. The van der Waals surface area contributed by atoms with Crippen LogP contribution in [0.15, 0.2) is 29.4 Å². The number of ether oxygens (including phenoxy) is 2. The Kier molecular flexibility index (Phi) is 4.84. The third kappa shape index (κ3) is 4.09. The number of nitrogens with one attached hydrogen (secondary N) is 1. The van der Waals surface area contributed by atoms with E-state index in [0.717, 1.165) is 0 Å². The second-order valence-electron chi connectivity index (χ2n) is 5.05. The normalized spacial score (nSPS) is 17.3. The maximum absolute atomic E-state index is 11.8. The largest absolute Gasteiger partial charge is 0.347 e. The smallest absolute Gasteiger partial charge is 0.270 e. The van der Waals surface area contributed by atoms with Gasteiger partial charge in [0.05, 0.1) is 30.3 Å². The highest BCUT2D eigenvalue weighted by Crippen LogP contribution is 2.22. The number of benzene rings is 1. The van der Waals surface area contributed by atoms with Gasteiger partial charge in [-0.3, -0.25) is 14.9 Å². The SMILES string of the molecule is C/C(=N/NC(=O)CC1(C)OCCO1)c1cccc([N+](=O)[O-])c1. The number of hydrogen-bond acceptors (Lipinski definition) is 6. The molecule has 0 aromatic heterocycles. The number of amides is 1. The monoisotopic (exact) mass is 307 g/mol. The molecule has 0 radical (unpaired) electrons. The summed E-state index contributed by atoms with van der Waals surface area (Å²) >= 11 is 0. The molecule has 0 atom stereocenters. The molecule has 1 heterocycles. The lowest BCUT2D eigenvalue weighted by Gasteiger charge is -2.20. The van der Waals surface area contributed by atoms with Gasteiger partial charge in [0.15, 0.2) is 5.79 Å². The highest BCUT2D eigenvalue weighted by Gasteiger charge is 2.33. The van der Waals surface area contributed by atoms with Crippen LogP contribution >= 0.6 is 0 Å². The minimum absolute atomic E-state index is 0.0265. The van der Waals surface area contributed by atoms with Crippen LogP contribution in [0.4, 0.5) is 5.69 Å². The summed E-state index contributed by atoms with van der Waals surface area (Å²) in [4.78, 5) is 22.1. The average molecular weight is 307 g/mol. The predicted octanol–water partition coefficient (Wildman–Crippen LogP) is 1.59. The molecule has 1 aliphatic heterocycles. The highest BCUT2D eigenvalue weighted by molar-refractivity contribution is 5.99. The van der Waals surface area contributed by atoms with Gasteiger partial charge >= 0.3 is 0 Å². The van der Waals surface area contributed by atoms with Gasteiger partial charge in [-0.25, -0.2) is 5.43 Å². The first-order valence-electron chi connectivity index (χ1n) is 6.75. The molecule has 118 valence electrons. The molecule has 0 saturated carbocycles. The molecule has 2 rings (SSSR count). The van der Waals surface area contributed by atoms with Crippen LogP contribution in [0, 0.1) is 10.1 Å². The lowest BCUT2D eigenvalue weighted by molar-refractivity contribution is -0.384. The van der Waals surface area contributed by atoms with Crippen molar-refractivity contribution in [2.45, 2.75) is 26.1 Å². The van der Waals surface area contributed by atoms with E-state index in [-0.39, 0.29) is 18.0 Å². The van der Waals surface area contributed by atoms with Crippen LogP contribution in [0.5, 0.6) is 0 Å². The number of hydrazone groups is 1. The van der Waals surface area contributed by atoms with Crippen molar-refractivity contribution in [2.75, 3.05) is 13.2 Å². The number of rotatable bonds is 5. The summed E-state index contributed by atoms with van der Waals surface area (Å²) in [5.41, 5.74) is 3.40. The zero-order chi connectivity index (χ0) is 16.2. The minimum atomic E-state index is -0.918. The van der Waals surface area contributed by atoms with Crippen LogP contribution in [0.3, 0.4) is 0 Å². The molecule has 0 aliphatic carbocycles. The standard InChI is InChI=1S/C14H17N3O5/c1-10(11-4-3-5-12(8-11)17(19)20)15-16-13(18)9-14(2)21-6-7-22-14/h3-5,8H,6-7,9H2,1-2H3,(H,16,18)/b15-10-. The second kappa shape index (κ2) is 6.63. The summed E-state index contributed by atoms with van der Waals surface area (Å²) < 4.78 is 10.7. The molecule has 0 bridgehead atoms. The Hall–Kier alpha value is -2.32. The fraction of sp³-hybridized carbons (Fsp3) is 0.429. The summed E-state index contributed by atoms with van der Waals surface area (Å²) in [5, 5.41) is 14.7. The topological polar surface area (TPSA) is 103 Å². The van der Waals surface area contributed by atoms with Crippen LogP contribution in [0.2, 0.25) is 0 Å². The van der Waals surface area contributed by atoms with E-state index >= 15 is 0 Å². The van der Waals surface area contributed by atoms with Gasteiger partial charge < -0.3 is 9.47 Å². The van der Waals surface area contributed by atoms with E-state index in [4.69, 9.17) is 9.47 Å². The zero-order valence-electron chi connectivity index (χ0n) is 12.4. The van der Waals surface area contributed by atoms with E-state index in [1.807, 2.05) is 0 Å². The molecule has 1 aliphatic rings. The fourth-order valence-corrected chi connectivity index (χ4v) is 2.05. The number of hydrogen-bond donors (Lipinski definition) is 1. The molecule has 22 heavy (non-hydrogen) atoms. The number of carbonyl (C=O) groups excluding carboxylic acids is 1. The number of non-ortho nitro benzene ring substituents is 1. The zero-order valence-corrected chi connectivity index (χ0v) is 12.4. The third-order valence-electron chi connectivity index (χ3n) is 3.20. The molecular formula is C14H17N3O5. The van der Waals surface area contributed by atoms with Crippen LogP contribution < -0.4 is 5.43 Å². The van der Waals surface area contributed by atoms with Crippen molar-refractivity contribution in [3.05, 3.63) is 39.9 Å². The van der Waals surface area contributed by atoms with Crippen LogP contribution in [0.25, 0.3) is 0 Å². The Morgan fingerprint density at radius 1 is 1.45 bits per heavy atom. The van der Waals surface area contributed by atoms with E-state index in [2.05, 4.69) is 10.5 Å². The van der Waals surface area contributed by atoms with E-state index < -0.39 is 10.7 Å². The molecule has 1 fully saturated rings. The number of nitro groups is 1. The van der Waals surface area contributed by atoms with Crippen molar-refractivity contribution in [3.8, 4) is 0 Å². The molecule has 1 aromatic rings. The van der Waals surface area contributed by atoms with Crippen molar-refractivity contribution in [1.29, 1.82) is 0 Å². The predicted molar refractivity (Wildman–Crippen MR) is 78.4 cm³/mol. The van der Waals surface area contributed by atoms with E-state index in [1.54, 1.807) is 26.0 Å². The minimum Gasteiger partial charge on any atom is -0.347 e. The summed E-state index contributed by atoms with van der Waals surface area (Å²) in [6.45, 7) is 4.26. The lowest BCUT2D eigenvalue weighted by Crippen LogP contribution is -2.33. The van der Waals surface area contributed by atoms with Gasteiger partial charge in [0.1, 0.15) is 0 Å². The summed E-state index contributed by atoms with van der Waals surface area (Å²) in [6.07, 6.45) is 0.0265. The average Bonchev–Trinajstić information content (AvgIpc) is 2.91. The summed E-state index contributed by atoms with van der Waals surface area (Å²) in [7, 11) is 0. The Morgan fingerprint density at radius 3 is 2.77 bits per heavy atom. The first kappa shape index (κ1) is 16.1. The molecular weight excluding hydrogens is 290 g/mol. The molecule has 1 N–H and O–H groups in total. The quantitative estimate of drug-likeness (QED) is 0.505. The first-order chi connectivity index (χ1) is 10.4. The van der Waals surface area contributed by atoms with Gasteiger partial charge in [-0.2, -0.15) is 5.10 Å². The van der Waals surface area contributed by atoms with Crippen molar-refractivity contribution in [3.63, 3.8) is 0 Å². The number of nitrogens with zero attached hydrogens (tertiary/aromatic N) is 2. The Bertz CT molecular complexity index is 608. The second-order valence-corrected chi connectivity index (χ2v) is 5.05. The Labute approximate surface area is 127 Å². The molecule has 1 amide bonds. The van der Waals surface area contributed by atoms with Gasteiger partial charge in [-0.05, 0) is 13.8 Å². The maximum Gasteiger partial charge on any atom is 0.270 e. The molecule has 0 spiro atoms. The van der Waals surface area contributed by atoms with Crippen LogP contribution in [-0.2, 0) is 14.3 Å². The molecule has 0 unspecified atom stereocenters. The molecule has 8 heteroatoms. The number of nitro benzene ring substituents is 1. The van der Waals surface area contributed by atoms with Crippen molar-refractivity contribution in [2.24, 2.45) is 5.10 Å². The van der Waals surface area contributed by atoms with Crippen molar-refractivity contribution >= 4 is 17.3 Å². The molecule has 8 nitrogen and oxygen atoms in total. The van der Waals surface area contributed by atoms with Gasteiger partial charge in [0.2, 0.25) is 5.91 Å². The van der Waals surface area contributed by atoms with E-state index in [9.17, 15) is 14.9 Å². The van der Waals surface area contributed by atoms with Gasteiger partial charge in [-0.1, -0.05) is 12.1 Å². The molecule has 1 aromatic carbocycles. The fourth-order valence-electron chi connectivity index (χ4n) is 2.05. The van der Waals surface area contributed by atoms with Gasteiger partial charge in [0, 0.05) is 17.7 Å². The summed E-state index contributed by atoms with van der Waals surface area (Å²) in [6, 6.07) is 6.04. The van der Waals surface area contributed by atoms with E-state index in [0.29, 0.717) is 24.5 Å². The maximum atomic E-state index is 11.8. The van der Waals surface area contributed by atoms with Crippen LogP contribution in [-0.4, -0.2) is 35.5 Å². The highest BCUT2D eigenvalue weighted by atomic mass is 16.7. The Balaban J connectivity index is 1.98. The van der Waals surface area contributed by atoms with Gasteiger partial charge in [-0.15, -0.1) is 0 Å². The van der Waals surface area contributed by atoms with Crippen LogP contribution in [0.1, 0.15) is 25.8 Å². The van der Waals surface area contributed by atoms with Gasteiger partial charge in [0.25, 0.3) is 5.69 Å². The molecule has 1 saturated heterocycles. The Morgan fingerprint density at radius 2 is 2.14 bits per heavy atom. The van der Waals surface area contributed by atoms with E-state index in [1.165, 1.54) is 12.1 Å². The lowest BCUT2D eigenvalue weighted by atomic mass is 10.1. The first-order valence-corrected chi connectivity index (χ1v) is 6.75. The van der Waals surface area contributed by atoms with Crippen molar-refractivity contribution in [1.82, 2.24) is 5.43 Å².